The van der Waals surface area contributed by atoms with Gasteiger partial charge in [0, 0.05) is 24.2 Å². The Balaban J connectivity index is 2.53. The third-order valence-electron chi connectivity index (χ3n) is 2.34. The van der Waals surface area contributed by atoms with Gasteiger partial charge in [-0.25, -0.2) is 0 Å². The number of hydrogen-bond donors (Lipinski definition) is 1. The lowest BCUT2D eigenvalue weighted by Gasteiger charge is -2.03. The summed E-state index contributed by atoms with van der Waals surface area (Å²) in [6.45, 7) is 0. The highest BCUT2D eigenvalue weighted by atomic mass is 16.6. The summed E-state index contributed by atoms with van der Waals surface area (Å²) in [5.74, 6) is -0.0814. The molecule has 0 spiro atoms. The van der Waals surface area contributed by atoms with Crippen LogP contribution in [0, 0.1) is 0 Å². The van der Waals surface area contributed by atoms with E-state index in [9.17, 15) is 4.79 Å². The van der Waals surface area contributed by atoms with E-state index in [0.717, 1.165) is 10.9 Å². The van der Waals surface area contributed by atoms with Crippen molar-refractivity contribution in [3.8, 4) is 0 Å². The van der Waals surface area contributed by atoms with Gasteiger partial charge in [0.15, 0.2) is 0 Å². The highest BCUT2D eigenvalue weighted by molar-refractivity contribution is 5.97. The van der Waals surface area contributed by atoms with Gasteiger partial charge in [-0.05, 0) is 24.3 Å². The van der Waals surface area contributed by atoms with Crippen LogP contribution in [0.4, 0.5) is 0 Å². The molecule has 0 atom stereocenters. The maximum atomic E-state index is 11.4. The van der Waals surface area contributed by atoms with Crippen LogP contribution in [-0.4, -0.2) is 24.8 Å². The number of carbonyl (C=O) groups excluding carboxylic acids is 1. The first-order chi connectivity index (χ1) is 7.26. The van der Waals surface area contributed by atoms with Crippen molar-refractivity contribution in [3.05, 3.63) is 36.0 Å². The average Bonchev–Trinajstić information content (AvgIpc) is 2.69. The van der Waals surface area contributed by atoms with Gasteiger partial charge in [0.1, 0.15) is 7.11 Å². The Morgan fingerprint density at radius 2 is 2.20 bits per heavy atom. The number of carbonyl (C=O) groups is 1. The van der Waals surface area contributed by atoms with Crippen LogP contribution in [0.2, 0.25) is 0 Å². The lowest BCUT2D eigenvalue weighted by molar-refractivity contribution is 0.0963. The van der Waals surface area contributed by atoms with Crippen LogP contribution < -0.4 is 10.2 Å². The molecule has 0 aliphatic heterocycles. The SMILES string of the molecule is CNC(=O)c1ccc2c(ccn2OC)c1. The van der Waals surface area contributed by atoms with Crippen LogP contribution in [-0.2, 0) is 0 Å². The predicted octanol–water partition coefficient (Wildman–Crippen LogP) is 1.06. The second-order valence-electron chi connectivity index (χ2n) is 3.18. The minimum Gasteiger partial charge on any atom is -0.417 e. The zero-order valence-corrected chi connectivity index (χ0v) is 8.65. The molecule has 0 aliphatic carbocycles. The second-order valence-corrected chi connectivity index (χ2v) is 3.18. The molecule has 0 radical (unpaired) electrons. The predicted molar refractivity (Wildman–Crippen MR) is 57.8 cm³/mol. The number of nitrogens with zero attached hydrogens (tertiary/aromatic N) is 1. The van der Waals surface area contributed by atoms with E-state index in [1.807, 2.05) is 24.4 Å². The van der Waals surface area contributed by atoms with E-state index in [1.54, 1.807) is 25.0 Å². The summed E-state index contributed by atoms with van der Waals surface area (Å²) in [5, 5.41) is 3.57. The van der Waals surface area contributed by atoms with Gasteiger partial charge in [-0.15, -0.1) is 0 Å². The maximum absolute atomic E-state index is 11.4. The normalized spacial score (nSPS) is 10.3. The summed E-state index contributed by atoms with van der Waals surface area (Å²) in [6, 6.07) is 7.38. The van der Waals surface area contributed by atoms with Crippen molar-refractivity contribution in [1.82, 2.24) is 10.0 Å². The lowest BCUT2D eigenvalue weighted by Crippen LogP contribution is -2.17. The Bertz CT molecular complexity index is 502. The molecule has 0 bridgehead atoms. The summed E-state index contributed by atoms with van der Waals surface area (Å²) in [7, 11) is 3.22. The Morgan fingerprint density at radius 1 is 1.40 bits per heavy atom. The third-order valence-corrected chi connectivity index (χ3v) is 2.34. The Morgan fingerprint density at radius 3 is 2.87 bits per heavy atom. The molecule has 4 heteroatoms. The van der Waals surface area contributed by atoms with Crippen molar-refractivity contribution in [1.29, 1.82) is 0 Å². The van der Waals surface area contributed by atoms with E-state index in [1.165, 1.54) is 0 Å². The Hall–Kier alpha value is -1.97. The van der Waals surface area contributed by atoms with Crippen LogP contribution in [0.25, 0.3) is 10.9 Å². The second kappa shape index (κ2) is 3.65. The van der Waals surface area contributed by atoms with Gasteiger partial charge in [0.05, 0.1) is 5.52 Å². The van der Waals surface area contributed by atoms with Gasteiger partial charge in [0.25, 0.3) is 5.91 Å². The third kappa shape index (κ3) is 1.54. The van der Waals surface area contributed by atoms with Crippen LogP contribution in [0.1, 0.15) is 10.4 Å². The number of aromatic nitrogens is 1. The number of fused-ring (bicyclic) bond motifs is 1. The summed E-state index contributed by atoms with van der Waals surface area (Å²) < 4.78 is 1.66. The van der Waals surface area contributed by atoms with Crippen molar-refractivity contribution in [2.45, 2.75) is 0 Å². The van der Waals surface area contributed by atoms with Gasteiger partial charge in [-0.2, -0.15) is 4.73 Å². The van der Waals surface area contributed by atoms with E-state index in [2.05, 4.69) is 5.32 Å². The molecule has 0 unspecified atom stereocenters. The van der Waals surface area contributed by atoms with Crippen LogP contribution in [0.3, 0.4) is 0 Å². The summed E-state index contributed by atoms with van der Waals surface area (Å²) >= 11 is 0. The largest absolute Gasteiger partial charge is 0.417 e. The molecule has 2 rings (SSSR count). The topological polar surface area (TPSA) is 43.3 Å². The fourth-order valence-corrected chi connectivity index (χ4v) is 1.56. The quantitative estimate of drug-likeness (QED) is 0.794. The van der Waals surface area contributed by atoms with Crippen molar-refractivity contribution in [2.24, 2.45) is 0 Å². The van der Waals surface area contributed by atoms with Gasteiger partial charge in [0.2, 0.25) is 0 Å². The number of hydrogen-bond acceptors (Lipinski definition) is 2. The standard InChI is InChI=1S/C11H12N2O2/c1-12-11(14)9-3-4-10-8(7-9)5-6-13(10)15-2/h3-7H,1-2H3,(H,12,14). The van der Waals surface area contributed by atoms with Gasteiger partial charge in [-0.3, -0.25) is 4.79 Å². The molecule has 1 amide bonds. The highest BCUT2D eigenvalue weighted by Crippen LogP contribution is 2.16. The molecule has 0 saturated carbocycles. The highest BCUT2D eigenvalue weighted by Gasteiger charge is 2.06. The van der Waals surface area contributed by atoms with Crippen molar-refractivity contribution >= 4 is 16.8 Å². The number of nitrogens with one attached hydrogen (secondary N) is 1. The first-order valence-electron chi connectivity index (χ1n) is 4.64. The molecular weight excluding hydrogens is 192 g/mol. The smallest absolute Gasteiger partial charge is 0.251 e. The first-order valence-corrected chi connectivity index (χ1v) is 4.64. The van der Waals surface area contributed by atoms with Crippen LogP contribution >= 0.6 is 0 Å². The Kier molecular flexibility index (Phi) is 2.33. The fourth-order valence-electron chi connectivity index (χ4n) is 1.56. The van der Waals surface area contributed by atoms with E-state index < -0.39 is 0 Å². The molecule has 1 aromatic carbocycles. The molecule has 1 N–H and O–H groups in total. The first kappa shape index (κ1) is 9.58. The average molecular weight is 204 g/mol. The van der Waals surface area contributed by atoms with Crippen molar-refractivity contribution in [3.63, 3.8) is 0 Å². The number of rotatable bonds is 2. The van der Waals surface area contributed by atoms with E-state index in [0.29, 0.717) is 5.56 Å². The molecule has 2 aromatic rings. The molecule has 1 aromatic heterocycles. The molecule has 0 aliphatic rings. The van der Waals surface area contributed by atoms with Crippen LogP contribution in [0.15, 0.2) is 30.5 Å². The van der Waals surface area contributed by atoms with Gasteiger partial charge < -0.3 is 10.2 Å². The van der Waals surface area contributed by atoms with Crippen molar-refractivity contribution in [2.75, 3.05) is 14.2 Å². The van der Waals surface area contributed by atoms with E-state index >= 15 is 0 Å². The fraction of sp³-hybridized carbons (Fsp3) is 0.182. The van der Waals surface area contributed by atoms with E-state index in [4.69, 9.17) is 4.84 Å². The zero-order valence-electron chi connectivity index (χ0n) is 8.65. The van der Waals surface area contributed by atoms with Gasteiger partial charge >= 0.3 is 0 Å². The molecule has 0 fully saturated rings. The summed E-state index contributed by atoms with van der Waals surface area (Å²) in [6.07, 6.45) is 1.82. The number of amides is 1. The molecular formula is C11H12N2O2. The van der Waals surface area contributed by atoms with Crippen molar-refractivity contribution < 1.29 is 9.63 Å². The minimum atomic E-state index is -0.0814. The maximum Gasteiger partial charge on any atom is 0.251 e. The summed E-state index contributed by atoms with van der Waals surface area (Å²) in [4.78, 5) is 16.5. The lowest BCUT2D eigenvalue weighted by atomic mass is 10.1. The zero-order chi connectivity index (χ0) is 10.8. The summed E-state index contributed by atoms with van der Waals surface area (Å²) in [5.41, 5.74) is 1.60. The minimum absolute atomic E-state index is 0.0814. The molecule has 4 nitrogen and oxygen atoms in total. The van der Waals surface area contributed by atoms with Gasteiger partial charge in [-0.1, -0.05) is 0 Å². The number of benzene rings is 1. The van der Waals surface area contributed by atoms with E-state index in [-0.39, 0.29) is 5.91 Å². The molecule has 15 heavy (non-hydrogen) atoms. The molecule has 0 saturated heterocycles. The van der Waals surface area contributed by atoms with Crippen LogP contribution in [0.5, 0.6) is 0 Å². The molecule has 78 valence electrons. The monoisotopic (exact) mass is 204 g/mol. The molecule has 1 heterocycles. The Labute approximate surface area is 87.4 Å².